The lowest BCUT2D eigenvalue weighted by Gasteiger charge is -2.27. The Morgan fingerprint density at radius 3 is 2.44 bits per heavy atom. The molecule has 2 amide bonds. The molecule has 0 saturated heterocycles. The lowest BCUT2D eigenvalue weighted by molar-refractivity contribution is -0.125. The molecule has 0 aromatic carbocycles. The van der Waals surface area contributed by atoms with Crippen molar-refractivity contribution in [2.75, 3.05) is 19.6 Å². The minimum absolute atomic E-state index is 0. The van der Waals surface area contributed by atoms with Crippen molar-refractivity contribution in [2.24, 2.45) is 11.7 Å². The molecule has 0 aromatic heterocycles. The summed E-state index contributed by atoms with van der Waals surface area (Å²) in [7, 11) is 0. The molecule has 0 radical (unpaired) electrons. The highest BCUT2D eigenvalue weighted by atomic mass is 35.5. The van der Waals surface area contributed by atoms with E-state index in [-0.39, 0.29) is 49.3 Å². The summed E-state index contributed by atoms with van der Waals surface area (Å²) in [6, 6.07) is 0. The Morgan fingerprint density at radius 2 is 1.83 bits per heavy atom. The third-order valence-corrected chi connectivity index (χ3v) is 3.06. The first-order chi connectivity index (χ1) is 8.13. The Balaban J connectivity index is 0.00000289. The van der Waals surface area contributed by atoms with Crippen LogP contribution in [0.1, 0.15) is 25.7 Å². The molecule has 18 heavy (non-hydrogen) atoms. The van der Waals surface area contributed by atoms with Gasteiger partial charge >= 0.3 is 0 Å². The van der Waals surface area contributed by atoms with Crippen LogP contribution in [0.4, 0.5) is 0 Å². The van der Waals surface area contributed by atoms with Crippen molar-refractivity contribution in [3.8, 4) is 0 Å². The van der Waals surface area contributed by atoms with Gasteiger partial charge in [0.15, 0.2) is 0 Å². The van der Waals surface area contributed by atoms with E-state index in [0.29, 0.717) is 6.54 Å². The normalized spacial score (nSPS) is 22.8. The molecule has 0 bridgehead atoms. The summed E-state index contributed by atoms with van der Waals surface area (Å²) in [5, 5.41) is 14.8. The third kappa shape index (κ3) is 6.18. The molecular weight excluding hydrogens is 258 g/mol. The Morgan fingerprint density at radius 1 is 1.17 bits per heavy atom. The summed E-state index contributed by atoms with van der Waals surface area (Å²) in [5.41, 5.74) is 5.09. The average molecular weight is 280 g/mol. The van der Waals surface area contributed by atoms with Crippen LogP contribution >= 0.6 is 12.4 Å². The molecule has 0 spiro atoms. The van der Waals surface area contributed by atoms with Gasteiger partial charge in [0.1, 0.15) is 0 Å². The number of rotatable bonds is 5. The number of nitrogens with two attached hydrogens (primary N) is 1. The van der Waals surface area contributed by atoms with Gasteiger partial charge in [-0.1, -0.05) is 12.8 Å². The second kappa shape index (κ2) is 9.13. The zero-order valence-electron chi connectivity index (χ0n) is 10.4. The van der Waals surface area contributed by atoms with Crippen molar-refractivity contribution < 1.29 is 14.7 Å². The van der Waals surface area contributed by atoms with Crippen molar-refractivity contribution >= 4 is 24.2 Å². The van der Waals surface area contributed by atoms with Crippen LogP contribution in [0.2, 0.25) is 0 Å². The van der Waals surface area contributed by atoms with E-state index < -0.39 is 0 Å². The van der Waals surface area contributed by atoms with Gasteiger partial charge in [-0.25, -0.2) is 0 Å². The van der Waals surface area contributed by atoms with Crippen LogP contribution in [0.5, 0.6) is 0 Å². The van der Waals surface area contributed by atoms with E-state index in [1.165, 1.54) is 0 Å². The first kappa shape index (κ1) is 17.2. The SMILES string of the molecule is Cl.NCC(=O)NCC(=O)NCC1CCCCC1O. The first-order valence-electron chi connectivity index (χ1n) is 6.05. The van der Waals surface area contributed by atoms with E-state index in [2.05, 4.69) is 10.6 Å². The van der Waals surface area contributed by atoms with Gasteiger partial charge in [-0.3, -0.25) is 9.59 Å². The number of aliphatic hydroxyl groups is 1. The lowest BCUT2D eigenvalue weighted by Crippen LogP contribution is -2.42. The molecule has 1 fully saturated rings. The number of carbonyl (C=O) groups excluding carboxylic acids is 2. The molecule has 2 unspecified atom stereocenters. The molecule has 6 nitrogen and oxygen atoms in total. The fourth-order valence-corrected chi connectivity index (χ4v) is 1.98. The topological polar surface area (TPSA) is 104 Å². The third-order valence-electron chi connectivity index (χ3n) is 3.06. The van der Waals surface area contributed by atoms with Crippen LogP contribution in [0.3, 0.4) is 0 Å². The summed E-state index contributed by atoms with van der Waals surface area (Å²) in [6.45, 7) is 0.298. The van der Waals surface area contributed by atoms with Gasteiger partial charge in [0.25, 0.3) is 0 Å². The van der Waals surface area contributed by atoms with E-state index in [1.807, 2.05) is 0 Å². The maximum Gasteiger partial charge on any atom is 0.239 e. The van der Waals surface area contributed by atoms with Gasteiger partial charge in [-0.05, 0) is 12.8 Å². The fraction of sp³-hybridized carbons (Fsp3) is 0.818. The van der Waals surface area contributed by atoms with E-state index in [0.717, 1.165) is 25.7 Å². The van der Waals surface area contributed by atoms with Crippen LogP contribution < -0.4 is 16.4 Å². The van der Waals surface area contributed by atoms with Crippen LogP contribution in [-0.2, 0) is 9.59 Å². The molecule has 7 heteroatoms. The van der Waals surface area contributed by atoms with Crippen LogP contribution in [0.25, 0.3) is 0 Å². The molecule has 0 aromatic rings. The van der Waals surface area contributed by atoms with Gasteiger partial charge in [-0.2, -0.15) is 0 Å². The average Bonchev–Trinajstić information content (AvgIpc) is 2.35. The number of carbonyl (C=O) groups is 2. The molecule has 1 rings (SSSR count). The predicted octanol–water partition coefficient (Wildman–Crippen LogP) is -0.850. The van der Waals surface area contributed by atoms with Gasteiger partial charge in [0.05, 0.1) is 19.2 Å². The Kier molecular flexibility index (Phi) is 8.70. The lowest BCUT2D eigenvalue weighted by atomic mass is 9.86. The Bertz CT molecular complexity index is 276. The maximum absolute atomic E-state index is 11.4. The van der Waals surface area contributed by atoms with Crippen molar-refractivity contribution in [3.63, 3.8) is 0 Å². The van der Waals surface area contributed by atoms with Crippen molar-refractivity contribution in [1.82, 2.24) is 10.6 Å². The second-order valence-electron chi connectivity index (χ2n) is 4.40. The summed E-state index contributed by atoms with van der Waals surface area (Å²) in [6.07, 6.45) is 3.59. The van der Waals surface area contributed by atoms with E-state index in [1.54, 1.807) is 0 Å². The zero-order chi connectivity index (χ0) is 12.7. The second-order valence-corrected chi connectivity index (χ2v) is 4.40. The highest BCUT2D eigenvalue weighted by molar-refractivity contribution is 5.85. The summed E-state index contributed by atoms with van der Waals surface area (Å²) >= 11 is 0. The number of aliphatic hydroxyl groups excluding tert-OH is 1. The van der Waals surface area contributed by atoms with Gasteiger partial charge in [0.2, 0.25) is 11.8 Å². The smallest absolute Gasteiger partial charge is 0.239 e. The van der Waals surface area contributed by atoms with Crippen LogP contribution in [0.15, 0.2) is 0 Å². The molecule has 0 heterocycles. The van der Waals surface area contributed by atoms with Crippen molar-refractivity contribution in [1.29, 1.82) is 0 Å². The van der Waals surface area contributed by atoms with Crippen LogP contribution in [-0.4, -0.2) is 42.7 Å². The molecule has 106 valence electrons. The molecule has 2 atom stereocenters. The monoisotopic (exact) mass is 279 g/mol. The van der Waals surface area contributed by atoms with E-state index in [9.17, 15) is 14.7 Å². The molecular formula is C11H22ClN3O3. The maximum atomic E-state index is 11.4. The largest absolute Gasteiger partial charge is 0.393 e. The summed E-state index contributed by atoms with van der Waals surface area (Å²) < 4.78 is 0. The molecule has 1 aliphatic carbocycles. The highest BCUT2D eigenvalue weighted by Crippen LogP contribution is 2.23. The number of nitrogens with one attached hydrogen (secondary N) is 2. The van der Waals surface area contributed by atoms with Crippen molar-refractivity contribution in [2.45, 2.75) is 31.8 Å². The predicted molar refractivity (Wildman–Crippen MR) is 70.3 cm³/mol. The Labute approximate surface area is 113 Å². The van der Waals surface area contributed by atoms with E-state index >= 15 is 0 Å². The van der Waals surface area contributed by atoms with Crippen molar-refractivity contribution in [3.05, 3.63) is 0 Å². The zero-order valence-corrected chi connectivity index (χ0v) is 11.2. The fourth-order valence-electron chi connectivity index (χ4n) is 1.98. The molecule has 1 aliphatic rings. The Hall–Kier alpha value is -0.850. The quantitative estimate of drug-likeness (QED) is 0.526. The van der Waals surface area contributed by atoms with Gasteiger partial charge < -0.3 is 21.5 Å². The minimum Gasteiger partial charge on any atom is -0.393 e. The molecule has 5 N–H and O–H groups in total. The standard InChI is InChI=1S/C11H21N3O3.ClH/c12-5-10(16)14-7-11(17)13-6-8-3-1-2-4-9(8)15;/h8-9,15H,1-7,12H2,(H,13,17)(H,14,16);1H. The highest BCUT2D eigenvalue weighted by Gasteiger charge is 2.23. The summed E-state index contributed by atoms with van der Waals surface area (Å²) in [5.74, 6) is -0.458. The number of hydrogen-bond donors (Lipinski definition) is 4. The van der Waals surface area contributed by atoms with Gasteiger partial charge in [0, 0.05) is 12.5 Å². The number of amides is 2. The molecule has 0 aliphatic heterocycles. The van der Waals surface area contributed by atoms with E-state index in [4.69, 9.17) is 5.73 Å². The van der Waals surface area contributed by atoms with Gasteiger partial charge in [-0.15, -0.1) is 12.4 Å². The first-order valence-corrected chi connectivity index (χ1v) is 6.05. The molecule has 1 saturated carbocycles. The summed E-state index contributed by atoms with van der Waals surface area (Å²) in [4.78, 5) is 22.2. The number of halogens is 1. The minimum atomic E-state index is -0.349. The number of hydrogen-bond acceptors (Lipinski definition) is 4. The van der Waals surface area contributed by atoms with Crippen LogP contribution in [0, 0.1) is 5.92 Å².